The summed E-state index contributed by atoms with van der Waals surface area (Å²) in [4.78, 5) is 66.1. The quantitative estimate of drug-likeness (QED) is 0.391. The van der Waals surface area contributed by atoms with Crippen molar-refractivity contribution in [3.63, 3.8) is 0 Å². The Labute approximate surface area is 91.2 Å². The predicted octanol–water partition coefficient (Wildman–Crippen LogP) is -9.77. The van der Waals surface area contributed by atoms with Gasteiger partial charge in [0.15, 0.2) is 0 Å². The summed E-state index contributed by atoms with van der Waals surface area (Å²) in [6.07, 6.45) is 0. The van der Waals surface area contributed by atoms with Crippen LogP contribution in [0.15, 0.2) is 0 Å². The summed E-state index contributed by atoms with van der Waals surface area (Å²) in [6, 6.07) is 0. The molecule has 2 N–H and O–H groups in total. The maximum atomic E-state index is 8.80. The molecule has 0 atom stereocenters. The van der Waals surface area contributed by atoms with Crippen LogP contribution in [0.4, 0.5) is 0 Å². The van der Waals surface area contributed by atoms with Gasteiger partial charge in [0.2, 0.25) is 0 Å². The summed E-state index contributed by atoms with van der Waals surface area (Å²) in [5.41, 5.74) is 0. The minimum atomic E-state index is -5.61. The van der Waals surface area contributed by atoms with Crippen LogP contribution in [0, 0.1) is 0 Å². The molecule has 0 saturated carbocycles. The third-order valence-corrected chi connectivity index (χ3v) is 0. The molecule has 0 aliphatic rings. The zero-order valence-electron chi connectivity index (χ0n) is 5.50. The van der Waals surface area contributed by atoms with Gasteiger partial charge < -0.3 is 47.4 Å². The molecule has 0 radical (unpaired) electrons. The number of rotatable bonds is 0. The van der Waals surface area contributed by atoms with Gasteiger partial charge in [-0.1, -0.05) is 0 Å². The maximum absolute atomic E-state index is 8.80. The van der Waals surface area contributed by atoms with Crippen molar-refractivity contribution in [1.29, 1.82) is 0 Å². The standard InChI is InChI=1S/2Al.H2O4Si.O4Si/c;;2*1-5(2,3)4/h;;1-2H;/q2*+3;-2;-4. The van der Waals surface area contributed by atoms with Crippen molar-refractivity contribution in [1.82, 2.24) is 0 Å². The Bertz CT molecular complexity index is 58.0. The molecule has 0 amide bonds. The summed E-state index contributed by atoms with van der Waals surface area (Å²) in [7, 11) is -10.7. The maximum Gasteiger partial charge on any atom is 3.00 e. The largest absolute Gasteiger partial charge is 3.00 e. The second kappa shape index (κ2) is 8.76. The van der Waals surface area contributed by atoms with Gasteiger partial charge in [0, 0.05) is 0 Å². The smallest absolute Gasteiger partial charge is 0.894 e. The van der Waals surface area contributed by atoms with Crippen LogP contribution in [0.3, 0.4) is 0 Å². The molecule has 0 unspecified atom stereocenters. The van der Waals surface area contributed by atoms with Gasteiger partial charge in [0.1, 0.15) is 9.05 Å². The summed E-state index contributed by atoms with van der Waals surface area (Å²) in [6.45, 7) is 0. The topological polar surface area (TPSA) is 179 Å². The molecule has 0 aromatic heterocycles. The van der Waals surface area contributed by atoms with E-state index in [1.54, 1.807) is 0 Å². The van der Waals surface area contributed by atoms with Gasteiger partial charge in [-0.05, 0) is 0 Å². The molecule has 0 bridgehead atoms. The van der Waals surface area contributed by atoms with E-state index in [-0.39, 0.29) is 34.7 Å². The van der Waals surface area contributed by atoms with Crippen molar-refractivity contribution < 1.29 is 38.4 Å². The molecule has 0 saturated heterocycles. The minimum Gasteiger partial charge on any atom is -0.894 e. The fourth-order valence-electron chi connectivity index (χ4n) is 0. The van der Waals surface area contributed by atoms with Crippen molar-refractivity contribution in [2.75, 3.05) is 0 Å². The third kappa shape index (κ3) is 834. The molecule has 0 spiro atoms. The molecule has 0 fully saturated rings. The first-order chi connectivity index (χ1) is 4.00. The van der Waals surface area contributed by atoms with Gasteiger partial charge in [0.25, 0.3) is 0 Å². The molecular weight excluding hydrogens is 238 g/mol. The van der Waals surface area contributed by atoms with E-state index in [9.17, 15) is 0 Å². The fourth-order valence-corrected chi connectivity index (χ4v) is 0. The molecule has 0 aromatic rings. The molecule has 0 aliphatic carbocycles. The molecule has 0 aliphatic heterocycles. The SMILES string of the molecule is [Al+3].[Al+3].[O-][Si]([O-])(O)O.[O-][Si]([O-])([O-])[O-]. The van der Waals surface area contributed by atoms with Crippen molar-refractivity contribution in [2.24, 2.45) is 0 Å². The molecule has 0 rings (SSSR count). The summed E-state index contributed by atoms with van der Waals surface area (Å²) < 4.78 is 0. The van der Waals surface area contributed by atoms with Crippen LogP contribution in [0.2, 0.25) is 0 Å². The first-order valence-electron chi connectivity index (χ1n) is 1.67. The van der Waals surface area contributed by atoms with E-state index in [2.05, 4.69) is 0 Å². The zero-order valence-corrected chi connectivity index (χ0v) is 9.81. The monoisotopic (exact) mass is 240 g/mol. The first-order valence-corrected chi connectivity index (χ1v) is 5.02. The molecular formula is H2Al2O8Si2. The van der Waals surface area contributed by atoms with Crippen molar-refractivity contribution in [2.45, 2.75) is 0 Å². The Morgan fingerprint density at radius 1 is 0.667 bits per heavy atom. The number of hydrogen-bond acceptors (Lipinski definition) is 8. The van der Waals surface area contributed by atoms with Gasteiger partial charge in [-0.2, -0.15) is 0 Å². The zero-order chi connectivity index (χ0) is 9.00. The van der Waals surface area contributed by atoms with Gasteiger partial charge in [0.05, 0.1) is 0 Å². The van der Waals surface area contributed by atoms with Crippen LogP contribution in [0.1, 0.15) is 0 Å². The molecule has 64 valence electrons. The molecule has 12 heavy (non-hydrogen) atoms. The van der Waals surface area contributed by atoms with Crippen LogP contribution >= 0.6 is 0 Å². The average Bonchev–Trinajstić information content (AvgIpc) is 1.12. The Morgan fingerprint density at radius 2 is 0.667 bits per heavy atom. The van der Waals surface area contributed by atoms with Gasteiger partial charge in [-0.3, -0.25) is 0 Å². The van der Waals surface area contributed by atoms with E-state index in [0.717, 1.165) is 0 Å². The minimum absolute atomic E-state index is 0. The summed E-state index contributed by atoms with van der Waals surface area (Å²) in [5, 5.41) is 0. The fraction of sp³-hybridized carbons (Fsp3) is 0. The third-order valence-electron chi connectivity index (χ3n) is 0. The Kier molecular flexibility index (Phi) is 16.9. The van der Waals surface area contributed by atoms with E-state index in [4.69, 9.17) is 38.4 Å². The van der Waals surface area contributed by atoms with E-state index >= 15 is 0 Å². The molecule has 8 nitrogen and oxygen atoms in total. The van der Waals surface area contributed by atoms with Gasteiger partial charge in [-0.15, -0.1) is 0 Å². The molecule has 0 aromatic carbocycles. The van der Waals surface area contributed by atoms with Crippen LogP contribution < -0.4 is 28.8 Å². The predicted molar refractivity (Wildman–Crippen MR) is 27.5 cm³/mol. The van der Waals surface area contributed by atoms with Gasteiger partial charge in [-0.25, -0.2) is 0 Å². The van der Waals surface area contributed by atoms with E-state index in [0.29, 0.717) is 0 Å². The molecule has 0 heterocycles. The summed E-state index contributed by atoms with van der Waals surface area (Å²) in [5.74, 6) is 0. The second-order valence-corrected chi connectivity index (χ2v) is 3.15. The average molecular weight is 240 g/mol. The second-order valence-electron chi connectivity index (χ2n) is 1.05. The number of hydrogen-bond donors (Lipinski definition) is 2. The van der Waals surface area contributed by atoms with E-state index in [1.807, 2.05) is 0 Å². The van der Waals surface area contributed by atoms with Crippen molar-refractivity contribution in [3.05, 3.63) is 0 Å². The van der Waals surface area contributed by atoms with Crippen LogP contribution in [-0.2, 0) is 0 Å². The van der Waals surface area contributed by atoms with Crippen molar-refractivity contribution in [3.8, 4) is 0 Å². The van der Waals surface area contributed by atoms with Crippen molar-refractivity contribution >= 4 is 52.8 Å². The molecule has 12 heteroatoms. The Balaban J connectivity index is -0.0000000457. The van der Waals surface area contributed by atoms with Crippen LogP contribution in [0.5, 0.6) is 0 Å². The van der Waals surface area contributed by atoms with E-state index in [1.165, 1.54) is 0 Å². The van der Waals surface area contributed by atoms with Crippen LogP contribution in [-0.4, -0.2) is 62.4 Å². The van der Waals surface area contributed by atoms with Crippen LogP contribution in [0.25, 0.3) is 0 Å². The normalized spacial score (nSPS) is 10.0. The van der Waals surface area contributed by atoms with Gasteiger partial charge >= 0.3 is 34.7 Å². The summed E-state index contributed by atoms with van der Waals surface area (Å²) >= 11 is 0. The van der Waals surface area contributed by atoms with E-state index < -0.39 is 18.1 Å². The Hall–Kier alpha value is 1.18. The first kappa shape index (κ1) is 23.2. The Morgan fingerprint density at radius 3 is 0.667 bits per heavy atom.